The smallest absolute Gasteiger partial charge is 0.254 e. The van der Waals surface area contributed by atoms with Crippen LogP contribution in [0.2, 0.25) is 0 Å². The first kappa shape index (κ1) is 14.8. The normalized spacial score (nSPS) is 34.8. The van der Waals surface area contributed by atoms with Crippen LogP contribution in [0, 0.1) is 5.92 Å². The summed E-state index contributed by atoms with van der Waals surface area (Å²) in [5.41, 5.74) is -1.71. The van der Waals surface area contributed by atoms with Gasteiger partial charge in [0.1, 0.15) is 11.2 Å². The first-order chi connectivity index (χ1) is 8.79. The maximum absolute atomic E-state index is 12.5. The molecule has 2 aliphatic heterocycles. The number of ether oxygens (including phenoxy) is 2. The fraction of sp³-hybridized carbons (Fsp3) is 0.929. The van der Waals surface area contributed by atoms with Crippen LogP contribution in [0.25, 0.3) is 0 Å². The Balaban J connectivity index is 2.12. The molecule has 19 heavy (non-hydrogen) atoms. The first-order valence-electron chi connectivity index (χ1n) is 7.07. The maximum atomic E-state index is 12.5. The molecule has 5 nitrogen and oxygen atoms in total. The zero-order valence-corrected chi connectivity index (χ0v) is 12.3. The molecule has 3 unspecified atom stereocenters. The quantitative estimate of drug-likeness (QED) is 0.807. The van der Waals surface area contributed by atoms with Crippen LogP contribution in [0.4, 0.5) is 0 Å². The Kier molecular flexibility index (Phi) is 3.91. The lowest BCUT2D eigenvalue weighted by atomic mass is 9.88. The second kappa shape index (κ2) is 5.04. The molecule has 1 spiro atoms. The predicted octanol–water partition coefficient (Wildman–Crippen LogP) is 0.800. The summed E-state index contributed by atoms with van der Waals surface area (Å²) >= 11 is 0. The van der Waals surface area contributed by atoms with Crippen molar-refractivity contribution in [2.45, 2.75) is 51.4 Å². The van der Waals surface area contributed by atoms with Crippen molar-refractivity contribution in [3.05, 3.63) is 0 Å². The molecule has 0 aliphatic carbocycles. The fourth-order valence-corrected chi connectivity index (χ4v) is 2.71. The Labute approximate surface area is 114 Å². The van der Waals surface area contributed by atoms with Crippen molar-refractivity contribution in [1.29, 1.82) is 0 Å². The molecule has 0 aromatic carbocycles. The van der Waals surface area contributed by atoms with Gasteiger partial charge in [-0.25, -0.2) is 0 Å². The highest BCUT2D eigenvalue weighted by Gasteiger charge is 2.49. The summed E-state index contributed by atoms with van der Waals surface area (Å²) in [5, 5.41) is 10.3. The summed E-state index contributed by atoms with van der Waals surface area (Å²) in [4.78, 5) is 14.2. The van der Waals surface area contributed by atoms with Gasteiger partial charge in [-0.3, -0.25) is 4.79 Å². The Morgan fingerprint density at radius 3 is 2.68 bits per heavy atom. The van der Waals surface area contributed by atoms with Crippen LogP contribution in [-0.4, -0.2) is 59.5 Å². The zero-order valence-electron chi connectivity index (χ0n) is 12.3. The molecule has 3 atom stereocenters. The largest absolute Gasteiger partial charge is 0.380 e. The van der Waals surface area contributed by atoms with E-state index in [-0.39, 0.29) is 23.5 Å². The van der Waals surface area contributed by atoms with Gasteiger partial charge in [0, 0.05) is 19.6 Å². The van der Waals surface area contributed by atoms with Gasteiger partial charge in [0.25, 0.3) is 5.91 Å². The zero-order chi connectivity index (χ0) is 14.3. The van der Waals surface area contributed by atoms with E-state index in [0.29, 0.717) is 26.3 Å². The molecule has 1 N–H and O–H groups in total. The van der Waals surface area contributed by atoms with Crippen LogP contribution in [0.15, 0.2) is 0 Å². The number of hydrogen-bond donors (Lipinski definition) is 1. The average molecular weight is 271 g/mol. The monoisotopic (exact) mass is 271 g/mol. The van der Waals surface area contributed by atoms with Crippen molar-refractivity contribution in [3.63, 3.8) is 0 Å². The Morgan fingerprint density at radius 2 is 2.16 bits per heavy atom. The van der Waals surface area contributed by atoms with Crippen LogP contribution in [-0.2, 0) is 14.3 Å². The van der Waals surface area contributed by atoms with E-state index in [4.69, 9.17) is 9.47 Å². The molecule has 0 saturated carbocycles. The molecule has 2 heterocycles. The Bertz CT molecular complexity index is 355. The van der Waals surface area contributed by atoms with Crippen LogP contribution in [0.1, 0.15) is 34.1 Å². The summed E-state index contributed by atoms with van der Waals surface area (Å²) in [6.07, 6.45) is 0.800. The Hall–Kier alpha value is -0.650. The highest BCUT2D eigenvalue weighted by molar-refractivity contribution is 5.85. The van der Waals surface area contributed by atoms with E-state index in [0.717, 1.165) is 6.42 Å². The van der Waals surface area contributed by atoms with E-state index in [1.165, 1.54) is 0 Å². The number of nitrogens with zero attached hydrogens (tertiary/aromatic N) is 1. The van der Waals surface area contributed by atoms with Crippen molar-refractivity contribution in [2.75, 3.05) is 26.3 Å². The summed E-state index contributed by atoms with van der Waals surface area (Å²) in [7, 11) is 0. The third-order valence-corrected chi connectivity index (χ3v) is 4.69. The van der Waals surface area contributed by atoms with Crippen molar-refractivity contribution in [1.82, 2.24) is 4.90 Å². The SMILES string of the molecule is CC1OCCC12CN(C(=O)C(C)(O)C(C)C)CCO2. The van der Waals surface area contributed by atoms with E-state index in [9.17, 15) is 9.90 Å². The molecule has 110 valence electrons. The molecule has 0 aromatic heterocycles. The third kappa shape index (κ3) is 2.51. The average Bonchev–Trinajstić information content (AvgIpc) is 2.69. The van der Waals surface area contributed by atoms with E-state index in [1.54, 1.807) is 11.8 Å². The molecule has 2 fully saturated rings. The van der Waals surface area contributed by atoms with E-state index in [2.05, 4.69) is 0 Å². The van der Waals surface area contributed by atoms with Gasteiger partial charge in [0.15, 0.2) is 0 Å². The van der Waals surface area contributed by atoms with Gasteiger partial charge in [-0.1, -0.05) is 13.8 Å². The van der Waals surface area contributed by atoms with Gasteiger partial charge in [-0.15, -0.1) is 0 Å². The van der Waals surface area contributed by atoms with Gasteiger partial charge in [0.05, 0.1) is 19.3 Å². The molecule has 1 amide bonds. The van der Waals surface area contributed by atoms with Crippen molar-refractivity contribution >= 4 is 5.91 Å². The van der Waals surface area contributed by atoms with E-state index >= 15 is 0 Å². The van der Waals surface area contributed by atoms with Crippen molar-refractivity contribution in [2.24, 2.45) is 5.92 Å². The lowest BCUT2D eigenvalue weighted by Crippen LogP contribution is -2.61. The van der Waals surface area contributed by atoms with Crippen LogP contribution in [0.3, 0.4) is 0 Å². The number of morpholine rings is 1. The second-order valence-corrected chi connectivity index (χ2v) is 6.21. The van der Waals surface area contributed by atoms with Gasteiger partial charge in [-0.05, 0) is 19.8 Å². The van der Waals surface area contributed by atoms with Crippen LogP contribution >= 0.6 is 0 Å². The topological polar surface area (TPSA) is 59.0 Å². The summed E-state index contributed by atoms with van der Waals surface area (Å²) in [5.74, 6) is -0.319. The van der Waals surface area contributed by atoms with Gasteiger partial charge >= 0.3 is 0 Å². The summed E-state index contributed by atoms with van der Waals surface area (Å²) in [6.45, 7) is 9.52. The molecular weight excluding hydrogens is 246 g/mol. The standard InChI is InChI=1S/C14H25NO4/c1-10(2)13(4,17)12(16)15-6-8-19-14(9-15)5-7-18-11(14)3/h10-11,17H,5-9H2,1-4H3. The predicted molar refractivity (Wildman–Crippen MR) is 70.8 cm³/mol. The number of aliphatic hydroxyl groups is 1. The molecule has 0 radical (unpaired) electrons. The highest BCUT2D eigenvalue weighted by Crippen LogP contribution is 2.34. The lowest BCUT2D eigenvalue weighted by Gasteiger charge is -2.44. The number of hydrogen-bond acceptors (Lipinski definition) is 4. The molecule has 5 heteroatoms. The number of rotatable bonds is 2. The molecular formula is C14H25NO4. The molecule has 0 bridgehead atoms. The number of carbonyl (C=O) groups excluding carboxylic acids is 1. The van der Waals surface area contributed by atoms with E-state index < -0.39 is 5.60 Å². The van der Waals surface area contributed by atoms with Gasteiger partial charge in [-0.2, -0.15) is 0 Å². The molecule has 0 aromatic rings. The van der Waals surface area contributed by atoms with Crippen LogP contribution in [0.5, 0.6) is 0 Å². The summed E-state index contributed by atoms with van der Waals surface area (Å²) in [6, 6.07) is 0. The van der Waals surface area contributed by atoms with E-state index in [1.807, 2.05) is 20.8 Å². The first-order valence-corrected chi connectivity index (χ1v) is 7.07. The minimum Gasteiger partial charge on any atom is -0.380 e. The minimum absolute atomic E-state index is 0.00732. The van der Waals surface area contributed by atoms with Gasteiger partial charge in [0.2, 0.25) is 0 Å². The van der Waals surface area contributed by atoms with Gasteiger partial charge < -0.3 is 19.5 Å². The second-order valence-electron chi connectivity index (χ2n) is 6.21. The fourth-order valence-electron chi connectivity index (χ4n) is 2.71. The number of carbonyl (C=O) groups is 1. The highest BCUT2D eigenvalue weighted by atomic mass is 16.6. The maximum Gasteiger partial charge on any atom is 0.254 e. The van der Waals surface area contributed by atoms with Crippen LogP contribution < -0.4 is 0 Å². The Morgan fingerprint density at radius 1 is 1.47 bits per heavy atom. The minimum atomic E-state index is -1.32. The molecule has 2 aliphatic rings. The van der Waals surface area contributed by atoms with Crippen molar-refractivity contribution < 1.29 is 19.4 Å². The molecule has 2 saturated heterocycles. The lowest BCUT2D eigenvalue weighted by molar-refractivity contribution is -0.175. The molecule has 2 rings (SSSR count). The third-order valence-electron chi connectivity index (χ3n) is 4.69. The summed E-state index contributed by atoms with van der Waals surface area (Å²) < 4.78 is 11.5. The number of amides is 1. The van der Waals surface area contributed by atoms with Crippen molar-refractivity contribution in [3.8, 4) is 0 Å².